The Bertz CT molecular complexity index is 1380. The van der Waals surface area contributed by atoms with Crippen LogP contribution in [-0.4, -0.2) is 11.3 Å². The van der Waals surface area contributed by atoms with Crippen LogP contribution in [0.4, 0.5) is 0 Å². The number of rotatable bonds is 9. The van der Waals surface area contributed by atoms with Gasteiger partial charge in [0.05, 0.1) is 0 Å². The summed E-state index contributed by atoms with van der Waals surface area (Å²) in [6.45, 7) is 35.4. The van der Waals surface area contributed by atoms with Crippen LogP contribution < -0.4 is 21.2 Å². The van der Waals surface area contributed by atoms with Gasteiger partial charge in [0, 0.05) is 0 Å². The molecule has 0 aromatic heterocycles. The highest BCUT2D eigenvalue weighted by Crippen LogP contribution is 2.52. The predicted octanol–water partition coefficient (Wildman–Crippen LogP) is 12.2. The summed E-state index contributed by atoms with van der Waals surface area (Å²) in [4.78, 5) is 0. The lowest BCUT2D eigenvalue weighted by Crippen LogP contribution is -2.35. The molecule has 4 aromatic carbocycles. The van der Waals surface area contributed by atoms with E-state index in [0.717, 1.165) is 0 Å². The Morgan fingerprint density at radius 2 is 0.551 bits per heavy atom. The van der Waals surface area contributed by atoms with Gasteiger partial charge in [-0.3, -0.25) is 0 Å². The molecule has 0 spiro atoms. The molecule has 0 bridgehead atoms. The summed E-state index contributed by atoms with van der Waals surface area (Å²) in [5.74, 6) is 0.561. The molecule has 0 fully saturated rings. The first-order chi connectivity index (χ1) is 22.6. The molecule has 0 heterocycles. The van der Waals surface area contributed by atoms with Crippen molar-refractivity contribution >= 4 is 37.1 Å². The van der Waals surface area contributed by atoms with E-state index in [0.29, 0.717) is 17.2 Å². The van der Waals surface area contributed by atoms with E-state index in [4.69, 9.17) is 0 Å². The Labute approximate surface area is 304 Å². The van der Waals surface area contributed by atoms with E-state index in [1.807, 2.05) is 0 Å². The van der Waals surface area contributed by atoms with E-state index in [2.05, 4.69) is 201 Å². The quantitative estimate of drug-likeness (QED) is 0.153. The standard InChI is InChI=1S/C47H66P2/c1-16-43(33(2)48(39-25-17-35(18-26-39)44(4,5)6)40-27-19-36(20-28-40)45(7,8)9)34(3)49(41-29-21-37(22-30-41)46(10,11)12)42-31-23-38(24-32-42)47(13,14)15/h17-34,43H,16H2,1-15H3. The van der Waals surface area contributed by atoms with Crippen molar-refractivity contribution in [1.82, 2.24) is 0 Å². The van der Waals surface area contributed by atoms with E-state index >= 15 is 0 Å². The topological polar surface area (TPSA) is 0 Å². The fourth-order valence-corrected chi connectivity index (χ4v) is 13.4. The first-order valence-electron chi connectivity index (χ1n) is 18.6. The molecule has 264 valence electrons. The number of benzene rings is 4. The molecule has 4 rings (SSSR count). The Kier molecular flexibility index (Phi) is 12.2. The minimum Gasteiger partial charge on any atom is -0.0651 e. The van der Waals surface area contributed by atoms with Crippen LogP contribution in [0.25, 0.3) is 0 Å². The second kappa shape index (κ2) is 15.1. The highest BCUT2D eigenvalue weighted by atomic mass is 31.1. The minimum atomic E-state index is -0.580. The zero-order chi connectivity index (χ0) is 36.5. The van der Waals surface area contributed by atoms with Crippen molar-refractivity contribution in [3.05, 3.63) is 119 Å². The highest BCUT2D eigenvalue weighted by molar-refractivity contribution is 7.74. The van der Waals surface area contributed by atoms with Gasteiger partial charge in [-0.2, -0.15) is 0 Å². The first-order valence-corrected chi connectivity index (χ1v) is 21.5. The molecule has 0 amide bonds. The van der Waals surface area contributed by atoms with Gasteiger partial charge in [-0.05, 0) is 98.2 Å². The number of hydrogen-bond acceptors (Lipinski definition) is 0. The Morgan fingerprint density at radius 1 is 0.367 bits per heavy atom. The van der Waals surface area contributed by atoms with Gasteiger partial charge in [-0.15, -0.1) is 0 Å². The summed E-state index contributed by atoms with van der Waals surface area (Å²) < 4.78 is 0. The van der Waals surface area contributed by atoms with Crippen LogP contribution in [0.2, 0.25) is 0 Å². The summed E-state index contributed by atoms with van der Waals surface area (Å²) in [6.07, 6.45) is 1.17. The molecule has 0 aliphatic rings. The Hall–Kier alpha value is -2.26. The van der Waals surface area contributed by atoms with Crippen molar-refractivity contribution in [2.45, 2.75) is 143 Å². The maximum atomic E-state index is 2.57. The largest absolute Gasteiger partial charge is 0.0651 e. The molecular formula is C47H66P2. The lowest BCUT2D eigenvalue weighted by atomic mass is 9.87. The van der Waals surface area contributed by atoms with Crippen molar-refractivity contribution < 1.29 is 0 Å². The number of hydrogen-bond donors (Lipinski definition) is 0. The monoisotopic (exact) mass is 692 g/mol. The first kappa shape index (κ1) is 39.5. The summed E-state index contributed by atoms with van der Waals surface area (Å²) in [5, 5.41) is 5.99. The second-order valence-corrected chi connectivity index (χ2v) is 23.7. The third kappa shape index (κ3) is 9.55. The summed E-state index contributed by atoms with van der Waals surface area (Å²) in [6, 6.07) is 38.8. The van der Waals surface area contributed by atoms with Gasteiger partial charge in [0.2, 0.25) is 0 Å². The maximum absolute atomic E-state index is 2.57. The molecule has 2 unspecified atom stereocenters. The molecule has 2 atom stereocenters. The maximum Gasteiger partial charge on any atom is -0.0123 e. The molecule has 0 aliphatic heterocycles. The van der Waals surface area contributed by atoms with Crippen LogP contribution >= 0.6 is 15.8 Å². The van der Waals surface area contributed by atoms with E-state index in [1.165, 1.54) is 49.9 Å². The molecule has 0 radical (unpaired) electrons. The van der Waals surface area contributed by atoms with Crippen LogP contribution in [0.1, 0.15) is 133 Å². The normalized spacial score (nSPS) is 15.0. The van der Waals surface area contributed by atoms with E-state index in [-0.39, 0.29) is 21.7 Å². The average molecular weight is 693 g/mol. The molecule has 49 heavy (non-hydrogen) atoms. The molecule has 0 saturated carbocycles. The van der Waals surface area contributed by atoms with Gasteiger partial charge in [-0.1, -0.05) is 207 Å². The van der Waals surface area contributed by atoms with Crippen LogP contribution in [0.3, 0.4) is 0 Å². The zero-order valence-electron chi connectivity index (χ0n) is 33.6. The van der Waals surface area contributed by atoms with Crippen molar-refractivity contribution in [2.75, 3.05) is 0 Å². The summed E-state index contributed by atoms with van der Waals surface area (Å²) in [7, 11) is -1.16. The molecular weight excluding hydrogens is 626 g/mol. The van der Waals surface area contributed by atoms with Gasteiger partial charge in [0.15, 0.2) is 0 Å². The van der Waals surface area contributed by atoms with Gasteiger partial charge < -0.3 is 0 Å². The molecule has 4 aromatic rings. The fraction of sp³-hybridized carbons (Fsp3) is 0.489. The van der Waals surface area contributed by atoms with E-state index in [1.54, 1.807) is 0 Å². The second-order valence-electron chi connectivity index (χ2n) is 18.5. The minimum absolute atomic E-state index is 0.142. The molecule has 0 saturated heterocycles. The summed E-state index contributed by atoms with van der Waals surface area (Å²) >= 11 is 0. The van der Waals surface area contributed by atoms with Gasteiger partial charge >= 0.3 is 0 Å². The van der Waals surface area contributed by atoms with Crippen molar-refractivity contribution in [2.24, 2.45) is 5.92 Å². The van der Waals surface area contributed by atoms with Crippen LogP contribution in [0, 0.1) is 5.92 Å². The lowest BCUT2D eigenvalue weighted by molar-refractivity contribution is 0.495. The van der Waals surface area contributed by atoms with Crippen molar-refractivity contribution in [1.29, 1.82) is 0 Å². The summed E-state index contributed by atoms with van der Waals surface area (Å²) in [5.41, 5.74) is 7.22. The van der Waals surface area contributed by atoms with Crippen molar-refractivity contribution in [3.8, 4) is 0 Å². The SMILES string of the molecule is CCC(C(C)P(c1ccc(C(C)(C)C)cc1)c1ccc(C(C)(C)C)cc1)C(C)P(c1ccc(C(C)(C)C)cc1)c1ccc(C(C)(C)C)cc1. The Balaban J connectivity index is 1.83. The van der Waals surface area contributed by atoms with Gasteiger partial charge in [0.25, 0.3) is 0 Å². The van der Waals surface area contributed by atoms with E-state index in [9.17, 15) is 0 Å². The highest BCUT2D eigenvalue weighted by Gasteiger charge is 2.36. The predicted molar refractivity (Wildman–Crippen MR) is 226 cm³/mol. The average Bonchev–Trinajstić information content (AvgIpc) is 3.01. The van der Waals surface area contributed by atoms with Gasteiger partial charge in [0.1, 0.15) is 0 Å². The lowest BCUT2D eigenvalue weighted by Gasteiger charge is -2.39. The molecule has 0 N–H and O–H groups in total. The van der Waals surface area contributed by atoms with E-state index < -0.39 is 15.8 Å². The van der Waals surface area contributed by atoms with Crippen LogP contribution in [-0.2, 0) is 21.7 Å². The van der Waals surface area contributed by atoms with Crippen molar-refractivity contribution in [3.63, 3.8) is 0 Å². The fourth-order valence-electron chi connectivity index (χ4n) is 7.20. The van der Waals surface area contributed by atoms with Crippen LogP contribution in [0.5, 0.6) is 0 Å². The molecule has 0 nitrogen and oxygen atoms in total. The zero-order valence-corrected chi connectivity index (χ0v) is 35.4. The molecule has 0 aliphatic carbocycles. The van der Waals surface area contributed by atoms with Crippen LogP contribution in [0.15, 0.2) is 97.1 Å². The smallest absolute Gasteiger partial charge is 0.0123 e. The molecule has 2 heteroatoms. The third-order valence-electron chi connectivity index (χ3n) is 10.6. The van der Waals surface area contributed by atoms with Gasteiger partial charge in [-0.25, -0.2) is 0 Å². The Morgan fingerprint density at radius 3 is 0.694 bits per heavy atom. The third-order valence-corrected chi connectivity index (χ3v) is 16.4.